The van der Waals surface area contributed by atoms with E-state index in [2.05, 4.69) is 14.8 Å². The van der Waals surface area contributed by atoms with Crippen LogP contribution in [0.5, 0.6) is 0 Å². The summed E-state index contributed by atoms with van der Waals surface area (Å²) in [4.78, 5) is 0. The number of hydrogen-bond acceptors (Lipinski definition) is 6. The number of nitrogens with two attached hydrogens (primary N) is 1. The highest BCUT2D eigenvalue weighted by Crippen LogP contribution is 2.38. The van der Waals surface area contributed by atoms with Crippen molar-refractivity contribution < 1.29 is 8.42 Å². The SMILES string of the molecule is CCS(=O)(=O)CCCSc1nnc(CN)n1C1CC1. The number of thioether (sulfide) groups is 1. The van der Waals surface area contributed by atoms with E-state index in [9.17, 15) is 8.42 Å². The topological polar surface area (TPSA) is 90.9 Å². The van der Waals surface area contributed by atoms with Crippen molar-refractivity contribution in [2.24, 2.45) is 5.73 Å². The largest absolute Gasteiger partial charge is 0.324 e. The summed E-state index contributed by atoms with van der Waals surface area (Å²) >= 11 is 1.57. The molecule has 1 aromatic rings. The van der Waals surface area contributed by atoms with Crippen molar-refractivity contribution >= 4 is 21.6 Å². The molecule has 8 heteroatoms. The lowest BCUT2D eigenvalue weighted by molar-refractivity contribution is 0.596. The van der Waals surface area contributed by atoms with Crippen LogP contribution < -0.4 is 5.73 Å². The minimum absolute atomic E-state index is 0.216. The van der Waals surface area contributed by atoms with Crippen LogP contribution in [0.2, 0.25) is 0 Å². The fourth-order valence-corrected chi connectivity index (χ4v) is 3.85. The van der Waals surface area contributed by atoms with Crippen LogP contribution in [0, 0.1) is 0 Å². The summed E-state index contributed by atoms with van der Waals surface area (Å²) < 4.78 is 24.9. The summed E-state index contributed by atoms with van der Waals surface area (Å²) in [5.74, 6) is 2.03. The molecule has 6 nitrogen and oxygen atoms in total. The van der Waals surface area contributed by atoms with Gasteiger partial charge in [-0.2, -0.15) is 0 Å². The molecule has 0 bridgehead atoms. The Kier molecular flexibility index (Phi) is 4.86. The van der Waals surface area contributed by atoms with E-state index >= 15 is 0 Å². The first-order chi connectivity index (χ1) is 9.07. The Morgan fingerprint density at radius 2 is 2.16 bits per heavy atom. The average molecular weight is 304 g/mol. The van der Waals surface area contributed by atoms with Crippen molar-refractivity contribution in [3.05, 3.63) is 5.82 Å². The van der Waals surface area contributed by atoms with E-state index in [1.807, 2.05) is 0 Å². The molecular weight excluding hydrogens is 284 g/mol. The second kappa shape index (κ2) is 6.23. The van der Waals surface area contributed by atoms with Gasteiger partial charge in [-0.05, 0) is 19.3 Å². The van der Waals surface area contributed by atoms with Crippen LogP contribution in [-0.4, -0.2) is 40.4 Å². The predicted octanol–water partition coefficient (Wildman–Crippen LogP) is 0.989. The lowest BCUT2D eigenvalue weighted by Crippen LogP contribution is -2.10. The van der Waals surface area contributed by atoms with E-state index in [0.29, 0.717) is 19.0 Å². The van der Waals surface area contributed by atoms with Gasteiger partial charge in [-0.15, -0.1) is 10.2 Å². The lowest BCUT2D eigenvalue weighted by atomic mass is 10.5. The van der Waals surface area contributed by atoms with Gasteiger partial charge in [-0.3, -0.25) is 0 Å². The average Bonchev–Trinajstić information content (AvgIpc) is 3.15. The Morgan fingerprint density at radius 3 is 2.74 bits per heavy atom. The van der Waals surface area contributed by atoms with Gasteiger partial charge in [0.1, 0.15) is 15.7 Å². The number of sulfone groups is 1. The van der Waals surface area contributed by atoms with E-state index in [0.717, 1.165) is 29.6 Å². The Hall–Kier alpha value is -0.600. The van der Waals surface area contributed by atoms with E-state index in [-0.39, 0.29) is 11.5 Å². The van der Waals surface area contributed by atoms with Crippen LogP contribution in [-0.2, 0) is 16.4 Å². The third-order valence-corrected chi connectivity index (χ3v) is 5.92. The standard InChI is InChI=1S/C11H20N4O2S2/c1-2-19(16,17)7-3-6-18-11-14-13-10(8-12)15(11)9-4-5-9/h9H,2-8,12H2,1H3. The summed E-state index contributed by atoms with van der Waals surface area (Å²) in [7, 11) is -2.86. The molecule has 108 valence electrons. The van der Waals surface area contributed by atoms with Gasteiger partial charge in [0.05, 0.1) is 12.3 Å². The fourth-order valence-electron chi connectivity index (χ4n) is 1.83. The van der Waals surface area contributed by atoms with E-state index in [1.165, 1.54) is 0 Å². The third kappa shape index (κ3) is 3.93. The van der Waals surface area contributed by atoms with E-state index < -0.39 is 9.84 Å². The molecule has 1 saturated carbocycles. The Bertz CT molecular complexity index is 523. The minimum Gasteiger partial charge on any atom is -0.324 e. The van der Waals surface area contributed by atoms with Crippen LogP contribution >= 0.6 is 11.8 Å². The first kappa shape index (κ1) is 14.8. The van der Waals surface area contributed by atoms with Crippen molar-refractivity contribution in [1.82, 2.24) is 14.8 Å². The molecule has 0 radical (unpaired) electrons. The molecular formula is C11H20N4O2S2. The molecule has 1 fully saturated rings. The van der Waals surface area contributed by atoms with Gasteiger partial charge in [-0.25, -0.2) is 8.42 Å². The molecule has 0 aromatic carbocycles. The zero-order chi connectivity index (χ0) is 13.9. The van der Waals surface area contributed by atoms with Gasteiger partial charge in [0.2, 0.25) is 0 Å². The second-order valence-corrected chi connectivity index (χ2v) is 8.18. The summed E-state index contributed by atoms with van der Waals surface area (Å²) in [5.41, 5.74) is 5.65. The van der Waals surface area contributed by atoms with Crippen molar-refractivity contribution in [3.8, 4) is 0 Å². The molecule has 0 atom stereocenters. The highest BCUT2D eigenvalue weighted by Gasteiger charge is 2.29. The second-order valence-electron chi connectivity index (χ2n) is 4.64. The first-order valence-electron chi connectivity index (χ1n) is 6.54. The van der Waals surface area contributed by atoms with Crippen LogP contribution in [0.4, 0.5) is 0 Å². The summed E-state index contributed by atoms with van der Waals surface area (Å²) in [5, 5.41) is 9.11. The Morgan fingerprint density at radius 1 is 1.42 bits per heavy atom. The Labute approximate surface area is 118 Å². The zero-order valence-electron chi connectivity index (χ0n) is 11.1. The first-order valence-corrected chi connectivity index (χ1v) is 9.35. The monoisotopic (exact) mass is 304 g/mol. The van der Waals surface area contributed by atoms with Gasteiger partial charge < -0.3 is 10.3 Å². The predicted molar refractivity (Wildman–Crippen MR) is 75.9 cm³/mol. The summed E-state index contributed by atoms with van der Waals surface area (Å²) in [6.45, 7) is 2.08. The van der Waals surface area contributed by atoms with Gasteiger partial charge in [0, 0.05) is 17.5 Å². The number of rotatable bonds is 8. The fraction of sp³-hybridized carbons (Fsp3) is 0.818. The number of nitrogens with zero attached hydrogens (tertiary/aromatic N) is 3. The highest BCUT2D eigenvalue weighted by atomic mass is 32.2. The number of hydrogen-bond donors (Lipinski definition) is 1. The zero-order valence-corrected chi connectivity index (χ0v) is 12.7. The summed E-state index contributed by atoms with van der Waals surface area (Å²) in [6, 6.07) is 0.496. The Balaban J connectivity index is 1.88. The molecule has 1 aromatic heterocycles. The van der Waals surface area contributed by atoms with Crippen molar-refractivity contribution in [2.45, 2.75) is 43.9 Å². The molecule has 19 heavy (non-hydrogen) atoms. The van der Waals surface area contributed by atoms with Gasteiger partial charge in [0.15, 0.2) is 5.16 Å². The molecule has 0 spiro atoms. The molecule has 1 aliphatic rings. The molecule has 1 aliphatic carbocycles. The smallest absolute Gasteiger partial charge is 0.191 e. The van der Waals surface area contributed by atoms with E-state index in [4.69, 9.17) is 5.73 Å². The molecule has 0 unspecified atom stereocenters. The molecule has 0 amide bonds. The van der Waals surface area contributed by atoms with Crippen LogP contribution in [0.3, 0.4) is 0 Å². The summed E-state index contributed by atoms with van der Waals surface area (Å²) in [6.07, 6.45) is 2.96. The van der Waals surface area contributed by atoms with Crippen molar-refractivity contribution in [2.75, 3.05) is 17.3 Å². The highest BCUT2D eigenvalue weighted by molar-refractivity contribution is 7.99. The number of aromatic nitrogens is 3. The van der Waals surface area contributed by atoms with Crippen LogP contribution in [0.15, 0.2) is 5.16 Å². The molecule has 0 saturated heterocycles. The normalized spacial score (nSPS) is 15.9. The van der Waals surface area contributed by atoms with Crippen LogP contribution in [0.1, 0.15) is 38.1 Å². The minimum atomic E-state index is -2.86. The van der Waals surface area contributed by atoms with Crippen LogP contribution in [0.25, 0.3) is 0 Å². The maximum Gasteiger partial charge on any atom is 0.191 e. The molecule has 0 aliphatic heterocycles. The maximum absolute atomic E-state index is 11.4. The quantitative estimate of drug-likeness (QED) is 0.569. The molecule has 2 N–H and O–H groups in total. The van der Waals surface area contributed by atoms with Gasteiger partial charge in [-0.1, -0.05) is 18.7 Å². The van der Waals surface area contributed by atoms with Crippen molar-refractivity contribution in [3.63, 3.8) is 0 Å². The van der Waals surface area contributed by atoms with Gasteiger partial charge in [0.25, 0.3) is 0 Å². The van der Waals surface area contributed by atoms with Gasteiger partial charge >= 0.3 is 0 Å². The molecule has 2 rings (SSSR count). The van der Waals surface area contributed by atoms with Crippen molar-refractivity contribution in [1.29, 1.82) is 0 Å². The third-order valence-electron chi connectivity index (χ3n) is 3.10. The maximum atomic E-state index is 11.4. The lowest BCUT2D eigenvalue weighted by Gasteiger charge is -2.07. The van der Waals surface area contributed by atoms with E-state index in [1.54, 1.807) is 18.7 Å². The molecule has 1 heterocycles.